The highest BCUT2D eigenvalue weighted by Gasteiger charge is 2.27. The van der Waals surface area contributed by atoms with Crippen molar-refractivity contribution in [3.8, 4) is 0 Å². The van der Waals surface area contributed by atoms with Gasteiger partial charge in [-0.25, -0.2) is 9.59 Å². The number of hydrogen-bond donors (Lipinski definition) is 4. The fourth-order valence-electron chi connectivity index (χ4n) is 2.81. The molecule has 4 amide bonds. The highest BCUT2D eigenvalue weighted by Crippen LogP contribution is 2.28. The second-order valence-electron chi connectivity index (χ2n) is 6.06. The highest BCUT2D eigenvalue weighted by atomic mass is 16.4. The van der Waals surface area contributed by atoms with E-state index in [0.29, 0.717) is 16.9 Å². The lowest BCUT2D eigenvalue weighted by atomic mass is 10.1. The van der Waals surface area contributed by atoms with Crippen LogP contribution in [0.2, 0.25) is 0 Å². The van der Waals surface area contributed by atoms with E-state index in [1.54, 1.807) is 54.6 Å². The van der Waals surface area contributed by atoms with E-state index in [9.17, 15) is 24.3 Å². The van der Waals surface area contributed by atoms with Crippen LogP contribution in [0.3, 0.4) is 0 Å². The molecular formula is C19H18N4O5. The first-order valence-corrected chi connectivity index (χ1v) is 8.47. The Hall–Kier alpha value is -3.88. The molecule has 2 aromatic rings. The van der Waals surface area contributed by atoms with Gasteiger partial charge in [0.15, 0.2) is 6.04 Å². The van der Waals surface area contributed by atoms with Gasteiger partial charge in [0, 0.05) is 0 Å². The lowest BCUT2D eigenvalue weighted by molar-refractivity contribution is -0.141. The molecule has 9 nitrogen and oxygen atoms in total. The Morgan fingerprint density at radius 1 is 1.07 bits per heavy atom. The number of hydrogen-bond acceptors (Lipinski definition) is 4. The molecule has 1 heterocycles. The third-order valence-electron chi connectivity index (χ3n) is 4.10. The monoisotopic (exact) mass is 382 g/mol. The quantitative estimate of drug-likeness (QED) is 0.616. The third-order valence-corrected chi connectivity index (χ3v) is 4.10. The number of carbonyl (C=O) groups is 4. The van der Waals surface area contributed by atoms with Gasteiger partial charge in [0.25, 0.3) is 0 Å². The van der Waals surface area contributed by atoms with Crippen molar-refractivity contribution in [1.82, 2.24) is 10.6 Å². The van der Waals surface area contributed by atoms with Crippen LogP contribution in [0.5, 0.6) is 0 Å². The van der Waals surface area contributed by atoms with Gasteiger partial charge in [-0.2, -0.15) is 0 Å². The molecule has 0 aliphatic carbocycles. The van der Waals surface area contributed by atoms with Crippen molar-refractivity contribution in [3.63, 3.8) is 0 Å². The number of fused-ring (bicyclic) bond motifs is 1. The van der Waals surface area contributed by atoms with Gasteiger partial charge >= 0.3 is 12.0 Å². The first-order chi connectivity index (χ1) is 13.5. The van der Waals surface area contributed by atoms with Crippen LogP contribution in [0.1, 0.15) is 11.6 Å². The van der Waals surface area contributed by atoms with Gasteiger partial charge < -0.3 is 21.1 Å². The predicted octanol–water partition coefficient (Wildman–Crippen LogP) is 1.10. The van der Waals surface area contributed by atoms with Gasteiger partial charge in [0.1, 0.15) is 6.54 Å². The second kappa shape index (κ2) is 8.21. The van der Waals surface area contributed by atoms with Crippen LogP contribution in [0.4, 0.5) is 16.2 Å². The summed E-state index contributed by atoms with van der Waals surface area (Å²) >= 11 is 0. The number of para-hydroxylation sites is 2. The zero-order chi connectivity index (χ0) is 20.1. The summed E-state index contributed by atoms with van der Waals surface area (Å²) in [5, 5.41) is 16.8. The molecule has 1 aliphatic rings. The molecule has 0 unspecified atom stereocenters. The topological polar surface area (TPSA) is 128 Å². The van der Waals surface area contributed by atoms with Gasteiger partial charge in [0.2, 0.25) is 11.8 Å². The van der Waals surface area contributed by atoms with Crippen molar-refractivity contribution in [1.29, 1.82) is 0 Å². The number of aliphatic carboxylic acids is 1. The maximum Gasteiger partial charge on any atom is 0.330 e. The Balaban J connectivity index is 1.62. The molecule has 0 spiro atoms. The molecule has 0 saturated heterocycles. The van der Waals surface area contributed by atoms with Crippen molar-refractivity contribution in [3.05, 3.63) is 60.2 Å². The summed E-state index contributed by atoms with van der Waals surface area (Å²) < 4.78 is 0. The van der Waals surface area contributed by atoms with Crippen LogP contribution in [-0.2, 0) is 14.4 Å². The van der Waals surface area contributed by atoms with E-state index >= 15 is 0 Å². The molecule has 1 aliphatic heterocycles. The molecule has 4 N–H and O–H groups in total. The molecule has 0 fully saturated rings. The lowest BCUT2D eigenvalue weighted by Crippen LogP contribution is -2.49. The number of nitrogens with zero attached hydrogens (tertiary/aromatic N) is 1. The molecule has 2 aromatic carbocycles. The van der Waals surface area contributed by atoms with Crippen LogP contribution >= 0.6 is 0 Å². The van der Waals surface area contributed by atoms with E-state index in [2.05, 4.69) is 16.0 Å². The van der Waals surface area contributed by atoms with Gasteiger partial charge in [-0.1, -0.05) is 42.5 Å². The summed E-state index contributed by atoms with van der Waals surface area (Å²) in [5.74, 6) is -2.24. The Kier molecular flexibility index (Phi) is 5.54. The fraction of sp³-hybridized carbons (Fsp3) is 0.158. The summed E-state index contributed by atoms with van der Waals surface area (Å²) in [5.41, 5.74) is 1.41. The van der Waals surface area contributed by atoms with Crippen LogP contribution in [-0.4, -0.2) is 42.0 Å². The van der Waals surface area contributed by atoms with Gasteiger partial charge in [-0.3, -0.25) is 14.5 Å². The number of urea groups is 1. The number of carboxylic acid groups (broad SMARTS) is 1. The van der Waals surface area contributed by atoms with Crippen molar-refractivity contribution in [2.24, 2.45) is 0 Å². The van der Waals surface area contributed by atoms with Crippen LogP contribution in [0, 0.1) is 0 Å². The zero-order valence-electron chi connectivity index (χ0n) is 14.7. The molecule has 0 aromatic heterocycles. The average molecular weight is 382 g/mol. The smallest absolute Gasteiger partial charge is 0.330 e. The first-order valence-electron chi connectivity index (χ1n) is 8.47. The molecule has 3 rings (SSSR count). The SMILES string of the molecule is O=C1CN(C(=O)NCC(=O)N[C@H](C(=O)O)c2ccccc2)c2ccccc2N1. The van der Waals surface area contributed by atoms with Gasteiger partial charge in [-0.15, -0.1) is 0 Å². The Morgan fingerprint density at radius 2 is 1.75 bits per heavy atom. The molecule has 144 valence electrons. The maximum atomic E-state index is 12.4. The van der Waals surface area contributed by atoms with Gasteiger partial charge in [0.05, 0.1) is 17.9 Å². The standard InChI is InChI=1S/C19H18N4O5/c24-15(22-17(18(26)27)12-6-2-1-3-7-12)10-20-19(28)23-11-16(25)21-13-8-4-5-9-14(13)23/h1-9,17H,10-11H2,(H,20,28)(H,21,25)(H,22,24)(H,26,27)/t17-/m0/s1. The summed E-state index contributed by atoms with van der Waals surface area (Å²) in [6.07, 6.45) is 0. The Morgan fingerprint density at radius 3 is 2.46 bits per heavy atom. The summed E-state index contributed by atoms with van der Waals surface area (Å²) in [4.78, 5) is 49.0. The minimum Gasteiger partial charge on any atom is -0.479 e. The molecule has 9 heteroatoms. The Labute approximate surface area is 160 Å². The van der Waals surface area contributed by atoms with Crippen molar-refractivity contribution in [2.45, 2.75) is 6.04 Å². The normalized spacial score (nSPS) is 13.7. The molecule has 0 bridgehead atoms. The number of rotatable bonds is 5. The molecule has 28 heavy (non-hydrogen) atoms. The molecular weight excluding hydrogens is 364 g/mol. The Bertz CT molecular complexity index is 916. The zero-order valence-corrected chi connectivity index (χ0v) is 14.7. The lowest BCUT2D eigenvalue weighted by Gasteiger charge is -2.29. The second-order valence-corrected chi connectivity index (χ2v) is 6.06. The minimum absolute atomic E-state index is 0.188. The number of benzene rings is 2. The number of carbonyl (C=O) groups excluding carboxylic acids is 3. The van der Waals surface area contributed by atoms with Crippen LogP contribution in [0.15, 0.2) is 54.6 Å². The molecule has 1 atom stereocenters. The fourth-order valence-corrected chi connectivity index (χ4v) is 2.81. The first kappa shape index (κ1) is 18.9. The van der Waals surface area contributed by atoms with E-state index in [1.165, 1.54) is 4.90 Å². The van der Waals surface area contributed by atoms with E-state index in [0.717, 1.165) is 0 Å². The number of amides is 4. The minimum atomic E-state index is -1.23. The van der Waals surface area contributed by atoms with E-state index < -0.39 is 30.5 Å². The predicted molar refractivity (Wildman–Crippen MR) is 101 cm³/mol. The molecule has 0 saturated carbocycles. The van der Waals surface area contributed by atoms with Crippen LogP contribution in [0.25, 0.3) is 0 Å². The maximum absolute atomic E-state index is 12.4. The number of nitrogens with one attached hydrogen (secondary N) is 3. The van der Waals surface area contributed by atoms with Crippen molar-refractivity contribution in [2.75, 3.05) is 23.3 Å². The van der Waals surface area contributed by atoms with Gasteiger partial charge in [-0.05, 0) is 17.7 Å². The van der Waals surface area contributed by atoms with Crippen molar-refractivity contribution < 1.29 is 24.3 Å². The van der Waals surface area contributed by atoms with Crippen molar-refractivity contribution >= 4 is 35.2 Å². The van der Waals surface area contributed by atoms with E-state index in [1.807, 2.05) is 0 Å². The number of anilines is 2. The van der Waals surface area contributed by atoms with E-state index in [-0.39, 0.29) is 12.5 Å². The van der Waals surface area contributed by atoms with Crippen LogP contribution < -0.4 is 20.9 Å². The largest absolute Gasteiger partial charge is 0.479 e. The summed E-state index contributed by atoms with van der Waals surface area (Å²) in [7, 11) is 0. The highest BCUT2D eigenvalue weighted by molar-refractivity contribution is 6.09. The average Bonchev–Trinajstić information content (AvgIpc) is 2.70. The van der Waals surface area contributed by atoms with E-state index in [4.69, 9.17) is 0 Å². The molecule has 0 radical (unpaired) electrons. The summed E-state index contributed by atoms with van der Waals surface area (Å²) in [6, 6.07) is 13.1. The number of carboxylic acids is 1. The third kappa shape index (κ3) is 4.26. The summed E-state index contributed by atoms with van der Waals surface area (Å²) in [6.45, 7) is -0.623.